The van der Waals surface area contributed by atoms with Crippen molar-refractivity contribution in [1.82, 2.24) is 15.2 Å². The third kappa shape index (κ3) is 4.39. The summed E-state index contributed by atoms with van der Waals surface area (Å²) in [5, 5.41) is 11.7. The van der Waals surface area contributed by atoms with Gasteiger partial charge in [0.25, 0.3) is 5.91 Å². The lowest BCUT2D eigenvalue weighted by atomic mass is 10.0. The molecule has 1 saturated heterocycles. The molecule has 0 unspecified atom stereocenters. The quantitative estimate of drug-likeness (QED) is 0.808. The number of piperidine rings is 1. The van der Waals surface area contributed by atoms with E-state index in [1.54, 1.807) is 12.1 Å². The molecular formula is C15H19N3O3. The van der Waals surface area contributed by atoms with Gasteiger partial charge in [0.2, 0.25) is 0 Å². The Morgan fingerprint density at radius 3 is 2.81 bits per heavy atom. The summed E-state index contributed by atoms with van der Waals surface area (Å²) in [5.41, 5.74) is 0.763. The third-order valence-corrected chi connectivity index (χ3v) is 3.51. The topological polar surface area (TPSA) is 82.5 Å². The fourth-order valence-corrected chi connectivity index (χ4v) is 2.31. The zero-order valence-corrected chi connectivity index (χ0v) is 12.0. The SMILES string of the molecule is CN1CCC(NC(=O)c2ncccc2/C=C/C(=O)O)CC1. The van der Waals surface area contributed by atoms with E-state index in [4.69, 9.17) is 5.11 Å². The first kappa shape index (κ1) is 15.2. The molecule has 21 heavy (non-hydrogen) atoms. The van der Waals surface area contributed by atoms with Gasteiger partial charge in [-0.25, -0.2) is 4.79 Å². The number of hydrogen-bond acceptors (Lipinski definition) is 4. The number of hydrogen-bond donors (Lipinski definition) is 2. The second-order valence-electron chi connectivity index (χ2n) is 5.16. The zero-order chi connectivity index (χ0) is 15.2. The van der Waals surface area contributed by atoms with Gasteiger partial charge in [-0.05, 0) is 45.1 Å². The summed E-state index contributed by atoms with van der Waals surface area (Å²) < 4.78 is 0. The van der Waals surface area contributed by atoms with Crippen molar-refractivity contribution >= 4 is 18.0 Å². The predicted molar refractivity (Wildman–Crippen MR) is 78.9 cm³/mol. The Hall–Kier alpha value is -2.21. The largest absolute Gasteiger partial charge is 0.478 e. The van der Waals surface area contributed by atoms with Crippen LogP contribution in [0.4, 0.5) is 0 Å². The zero-order valence-electron chi connectivity index (χ0n) is 12.0. The fraction of sp³-hybridized carbons (Fsp3) is 0.400. The van der Waals surface area contributed by atoms with Gasteiger partial charge in [0.05, 0.1) is 0 Å². The summed E-state index contributed by atoms with van der Waals surface area (Å²) in [6, 6.07) is 3.50. The van der Waals surface area contributed by atoms with E-state index in [0.29, 0.717) is 5.56 Å². The first-order valence-electron chi connectivity index (χ1n) is 6.91. The van der Waals surface area contributed by atoms with Crippen LogP contribution in [0.5, 0.6) is 0 Å². The fourth-order valence-electron chi connectivity index (χ4n) is 2.31. The number of aromatic nitrogens is 1. The van der Waals surface area contributed by atoms with Crippen LogP contribution in [0.15, 0.2) is 24.4 Å². The van der Waals surface area contributed by atoms with Gasteiger partial charge in [0.1, 0.15) is 5.69 Å². The molecule has 0 aliphatic carbocycles. The first-order valence-corrected chi connectivity index (χ1v) is 6.91. The summed E-state index contributed by atoms with van der Waals surface area (Å²) in [7, 11) is 2.06. The number of nitrogens with one attached hydrogen (secondary N) is 1. The highest BCUT2D eigenvalue weighted by molar-refractivity contribution is 5.97. The van der Waals surface area contributed by atoms with E-state index in [1.807, 2.05) is 0 Å². The van der Waals surface area contributed by atoms with Crippen molar-refractivity contribution in [3.63, 3.8) is 0 Å². The second kappa shape index (κ2) is 6.99. The minimum atomic E-state index is -1.06. The number of carbonyl (C=O) groups excluding carboxylic acids is 1. The molecule has 6 nitrogen and oxygen atoms in total. The molecule has 0 saturated carbocycles. The van der Waals surface area contributed by atoms with Crippen molar-refractivity contribution in [3.8, 4) is 0 Å². The molecule has 1 fully saturated rings. The highest BCUT2D eigenvalue weighted by Gasteiger charge is 2.20. The number of nitrogens with zero attached hydrogens (tertiary/aromatic N) is 2. The highest BCUT2D eigenvalue weighted by Crippen LogP contribution is 2.12. The molecule has 0 spiro atoms. The van der Waals surface area contributed by atoms with Gasteiger partial charge in [0, 0.05) is 23.9 Å². The van der Waals surface area contributed by atoms with Crippen LogP contribution in [-0.2, 0) is 4.79 Å². The Labute approximate surface area is 123 Å². The van der Waals surface area contributed by atoms with Gasteiger partial charge < -0.3 is 15.3 Å². The Morgan fingerprint density at radius 1 is 1.43 bits per heavy atom. The lowest BCUT2D eigenvalue weighted by Crippen LogP contribution is -2.43. The molecule has 112 valence electrons. The van der Waals surface area contributed by atoms with E-state index in [0.717, 1.165) is 32.0 Å². The predicted octanol–water partition coefficient (Wildman–Crippen LogP) is 1.00. The third-order valence-electron chi connectivity index (χ3n) is 3.51. The van der Waals surface area contributed by atoms with Crippen LogP contribution in [0.3, 0.4) is 0 Å². The summed E-state index contributed by atoms with van der Waals surface area (Å²) in [6.07, 6.45) is 5.74. The lowest BCUT2D eigenvalue weighted by Gasteiger charge is -2.29. The van der Waals surface area contributed by atoms with Crippen molar-refractivity contribution < 1.29 is 14.7 Å². The van der Waals surface area contributed by atoms with Gasteiger partial charge in [-0.15, -0.1) is 0 Å². The van der Waals surface area contributed by atoms with Crippen LogP contribution in [0.2, 0.25) is 0 Å². The van der Waals surface area contributed by atoms with Gasteiger partial charge >= 0.3 is 5.97 Å². The number of carboxylic acids is 1. The Bertz CT molecular complexity index is 549. The number of pyridine rings is 1. The average Bonchev–Trinajstić information content (AvgIpc) is 2.47. The molecule has 2 rings (SSSR count). The molecule has 0 atom stereocenters. The van der Waals surface area contributed by atoms with Crippen LogP contribution in [0.1, 0.15) is 28.9 Å². The van der Waals surface area contributed by atoms with Crippen molar-refractivity contribution in [3.05, 3.63) is 35.7 Å². The van der Waals surface area contributed by atoms with Gasteiger partial charge in [-0.3, -0.25) is 9.78 Å². The van der Waals surface area contributed by atoms with Gasteiger partial charge in [0.15, 0.2) is 0 Å². The molecule has 6 heteroatoms. The van der Waals surface area contributed by atoms with E-state index in [-0.39, 0.29) is 17.6 Å². The van der Waals surface area contributed by atoms with Crippen molar-refractivity contribution in [2.45, 2.75) is 18.9 Å². The normalized spacial score (nSPS) is 17.0. The first-order chi connectivity index (χ1) is 10.1. The maximum atomic E-state index is 12.3. The van der Waals surface area contributed by atoms with Crippen LogP contribution >= 0.6 is 0 Å². The molecule has 2 heterocycles. The van der Waals surface area contributed by atoms with Crippen LogP contribution < -0.4 is 5.32 Å². The lowest BCUT2D eigenvalue weighted by molar-refractivity contribution is -0.131. The molecule has 1 amide bonds. The Kier molecular flexibility index (Phi) is 5.05. The van der Waals surface area contributed by atoms with Crippen molar-refractivity contribution in [1.29, 1.82) is 0 Å². The summed E-state index contributed by atoms with van der Waals surface area (Å²) in [6.45, 7) is 1.91. The second-order valence-corrected chi connectivity index (χ2v) is 5.16. The minimum Gasteiger partial charge on any atom is -0.478 e. The molecule has 0 bridgehead atoms. The molecule has 1 aromatic heterocycles. The van der Waals surface area contributed by atoms with E-state index in [9.17, 15) is 9.59 Å². The highest BCUT2D eigenvalue weighted by atomic mass is 16.4. The molecule has 1 aromatic rings. The molecule has 1 aliphatic rings. The molecule has 0 aromatic carbocycles. The van der Waals surface area contributed by atoms with E-state index >= 15 is 0 Å². The Balaban J connectivity index is 2.07. The molecule has 2 N–H and O–H groups in total. The van der Waals surface area contributed by atoms with E-state index in [2.05, 4.69) is 22.2 Å². The number of likely N-dealkylation sites (tertiary alicyclic amines) is 1. The molecular weight excluding hydrogens is 270 g/mol. The average molecular weight is 289 g/mol. The molecule has 0 radical (unpaired) electrons. The number of amides is 1. The van der Waals surface area contributed by atoms with Crippen molar-refractivity contribution in [2.24, 2.45) is 0 Å². The summed E-state index contributed by atoms with van der Waals surface area (Å²) >= 11 is 0. The summed E-state index contributed by atoms with van der Waals surface area (Å²) in [4.78, 5) is 29.2. The smallest absolute Gasteiger partial charge is 0.328 e. The number of aliphatic carboxylic acids is 1. The maximum absolute atomic E-state index is 12.3. The van der Waals surface area contributed by atoms with Gasteiger partial charge in [-0.2, -0.15) is 0 Å². The minimum absolute atomic E-state index is 0.145. The number of carboxylic acid groups (broad SMARTS) is 1. The monoisotopic (exact) mass is 289 g/mol. The van der Waals surface area contributed by atoms with Crippen LogP contribution in [0, 0.1) is 0 Å². The van der Waals surface area contributed by atoms with Crippen molar-refractivity contribution in [2.75, 3.05) is 20.1 Å². The van der Waals surface area contributed by atoms with Crippen LogP contribution in [-0.4, -0.2) is 53.0 Å². The Morgan fingerprint density at radius 2 is 2.14 bits per heavy atom. The number of rotatable bonds is 4. The molecule has 1 aliphatic heterocycles. The van der Waals surface area contributed by atoms with E-state index < -0.39 is 5.97 Å². The van der Waals surface area contributed by atoms with Gasteiger partial charge in [-0.1, -0.05) is 6.07 Å². The summed E-state index contributed by atoms with van der Waals surface area (Å²) in [5.74, 6) is -1.31. The van der Waals surface area contributed by atoms with Crippen LogP contribution in [0.25, 0.3) is 6.08 Å². The van der Waals surface area contributed by atoms with E-state index in [1.165, 1.54) is 12.3 Å². The number of carbonyl (C=O) groups is 2. The standard InChI is InChI=1S/C15H19N3O3/c1-18-9-6-12(7-10-18)17-15(21)14-11(3-2-8-16-14)4-5-13(19)20/h2-5,8,12H,6-7,9-10H2,1H3,(H,17,21)(H,19,20)/b5-4+. The maximum Gasteiger partial charge on any atom is 0.328 e.